The third-order valence-corrected chi connectivity index (χ3v) is 4.64. The van der Waals surface area contributed by atoms with Crippen molar-refractivity contribution in [2.24, 2.45) is 0 Å². The molecule has 0 bridgehead atoms. The van der Waals surface area contributed by atoms with Crippen molar-refractivity contribution in [1.29, 1.82) is 0 Å². The molecule has 0 spiro atoms. The minimum Gasteiger partial charge on any atom is -0.388 e. The number of nitrogens with zero attached hydrogens (tertiary/aromatic N) is 3. The van der Waals surface area contributed by atoms with Crippen LogP contribution in [-0.4, -0.2) is 44.9 Å². The Hall–Kier alpha value is -1.85. The Morgan fingerprint density at radius 1 is 1.35 bits per heavy atom. The highest BCUT2D eigenvalue weighted by molar-refractivity contribution is 6.32. The van der Waals surface area contributed by atoms with Gasteiger partial charge in [-0.3, -0.25) is 4.79 Å². The largest absolute Gasteiger partial charge is 0.388 e. The van der Waals surface area contributed by atoms with Crippen molar-refractivity contribution in [3.8, 4) is 5.69 Å². The van der Waals surface area contributed by atoms with Crippen LogP contribution in [0.4, 0.5) is 0 Å². The summed E-state index contributed by atoms with van der Waals surface area (Å²) in [7, 11) is 1.70. The van der Waals surface area contributed by atoms with Crippen LogP contribution in [-0.2, 0) is 0 Å². The van der Waals surface area contributed by atoms with Crippen molar-refractivity contribution in [3.63, 3.8) is 0 Å². The maximum Gasteiger partial charge on any atom is 0.274 e. The lowest BCUT2D eigenvalue weighted by Crippen LogP contribution is -2.42. The fourth-order valence-corrected chi connectivity index (χ4v) is 3.33. The second-order valence-electron chi connectivity index (χ2n) is 6.19. The highest BCUT2D eigenvalue weighted by Crippen LogP contribution is 2.30. The minimum atomic E-state index is -0.754. The first-order valence-corrected chi connectivity index (χ1v) is 8.15. The van der Waals surface area contributed by atoms with Crippen molar-refractivity contribution in [2.75, 3.05) is 13.6 Å². The summed E-state index contributed by atoms with van der Waals surface area (Å²) in [5, 5.41) is 15.3. The topological polar surface area (TPSA) is 58.4 Å². The van der Waals surface area contributed by atoms with E-state index in [1.807, 2.05) is 18.2 Å². The van der Waals surface area contributed by atoms with E-state index in [0.29, 0.717) is 17.3 Å². The average Bonchev–Trinajstić information content (AvgIpc) is 3.16. The predicted octanol–water partition coefficient (Wildman–Crippen LogP) is 2.90. The molecule has 1 amide bonds. The lowest BCUT2D eigenvalue weighted by atomic mass is 10.0. The second kappa shape index (κ2) is 6.34. The molecule has 1 fully saturated rings. The highest BCUT2D eigenvalue weighted by atomic mass is 35.5. The lowest BCUT2D eigenvalue weighted by molar-refractivity contribution is 0.0154. The molecule has 1 aliphatic rings. The van der Waals surface area contributed by atoms with Crippen LogP contribution in [0.3, 0.4) is 0 Å². The van der Waals surface area contributed by atoms with Crippen LogP contribution >= 0.6 is 11.6 Å². The summed E-state index contributed by atoms with van der Waals surface area (Å²) in [5.74, 6) is -0.198. The van der Waals surface area contributed by atoms with Gasteiger partial charge < -0.3 is 10.0 Å². The van der Waals surface area contributed by atoms with Gasteiger partial charge in [0.15, 0.2) is 5.69 Å². The number of hydrogen-bond acceptors (Lipinski definition) is 3. The average molecular weight is 334 g/mol. The third-order valence-electron chi connectivity index (χ3n) is 4.32. The predicted molar refractivity (Wildman–Crippen MR) is 89.0 cm³/mol. The summed E-state index contributed by atoms with van der Waals surface area (Å²) in [4.78, 5) is 14.1. The van der Waals surface area contributed by atoms with E-state index in [2.05, 4.69) is 5.10 Å². The number of halogens is 1. The number of aliphatic hydroxyl groups is 1. The van der Waals surface area contributed by atoms with Gasteiger partial charge in [0.25, 0.3) is 5.91 Å². The molecule has 5 nitrogen and oxygen atoms in total. The molecule has 0 atom stereocenters. The van der Waals surface area contributed by atoms with Crippen molar-refractivity contribution in [1.82, 2.24) is 14.7 Å². The zero-order valence-corrected chi connectivity index (χ0v) is 13.8. The van der Waals surface area contributed by atoms with Gasteiger partial charge in [0, 0.05) is 19.8 Å². The van der Waals surface area contributed by atoms with E-state index in [1.54, 1.807) is 35.0 Å². The lowest BCUT2D eigenvalue weighted by Gasteiger charge is -2.28. The first-order chi connectivity index (χ1) is 11.0. The molecule has 6 heteroatoms. The molecule has 0 radical (unpaired) electrons. The van der Waals surface area contributed by atoms with Crippen LogP contribution in [0, 0.1) is 0 Å². The van der Waals surface area contributed by atoms with E-state index in [0.717, 1.165) is 31.4 Å². The van der Waals surface area contributed by atoms with Gasteiger partial charge in [0.1, 0.15) is 0 Å². The summed E-state index contributed by atoms with van der Waals surface area (Å²) in [5.41, 5.74) is 0.315. The maximum atomic E-state index is 12.5. The van der Waals surface area contributed by atoms with Gasteiger partial charge in [0.2, 0.25) is 0 Å². The molecular formula is C17H20ClN3O2. The van der Waals surface area contributed by atoms with Crippen molar-refractivity contribution in [3.05, 3.63) is 47.2 Å². The Balaban J connectivity index is 1.74. The highest BCUT2D eigenvalue weighted by Gasteiger charge is 2.34. The quantitative estimate of drug-likeness (QED) is 0.936. The van der Waals surface area contributed by atoms with Gasteiger partial charge in [-0.05, 0) is 31.0 Å². The molecule has 122 valence electrons. The molecule has 1 saturated carbocycles. The van der Waals surface area contributed by atoms with Crippen LogP contribution in [0.5, 0.6) is 0 Å². The molecule has 0 unspecified atom stereocenters. The summed E-state index contributed by atoms with van der Waals surface area (Å²) in [6.45, 7) is 0.338. The third kappa shape index (κ3) is 3.41. The van der Waals surface area contributed by atoms with Crippen LogP contribution in [0.1, 0.15) is 36.2 Å². The molecular weight excluding hydrogens is 314 g/mol. The Morgan fingerprint density at radius 2 is 2.04 bits per heavy atom. The van der Waals surface area contributed by atoms with E-state index in [9.17, 15) is 9.90 Å². The van der Waals surface area contributed by atoms with E-state index in [4.69, 9.17) is 11.6 Å². The summed E-state index contributed by atoms with van der Waals surface area (Å²) in [6.07, 6.45) is 5.24. The van der Waals surface area contributed by atoms with Gasteiger partial charge in [-0.15, -0.1) is 0 Å². The zero-order chi connectivity index (χ0) is 16.4. The zero-order valence-electron chi connectivity index (χ0n) is 13.1. The first-order valence-electron chi connectivity index (χ1n) is 7.77. The number of benzene rings is 1. The summed E-state index contributed by atoms with van der Waals surface area (Å²) in [6, 6.07) is 9.00. The normalized spacial score (nSPS) is 16.5. The number of amides is 1. The van der Waals surface area contributed by atoms with Crippen molar-refractivity contribution >= 4 is 17.5 Å². The van der Waals surface area contributed by atoms with Gasteiger partial charge in [-0.25, -0.2) is 4.68 Å². The second-order valence-corrected chi connectivity index (χ2v) is 6.60. The van der Waals surface area contributed by atoms with Crippen LogP contribution < -0.4 is 0 Å². The molecule has 23 heavy (non-hydrogen) atoms. The SMILES string of the molecule is CN(CC1(O)CCCC1)C(=O)c1ccn(-c2ccccc2Cl)n1. The first kappa shape index (κ1) is 16.0. The number of rotatable bonds is 4. The Morgan fingerprint density at radius 3 is 2.74 bits per heavy atom. The van der Waals surface area contributed by atoms with Crippen LogP contribution in [0.2, 0.25) is 5.02 Å². The Kier molecular flexibility index (Phi) is 4.41. The van der Waals surface area contributed by atoms with Gasteiger partial charge in [-0.2, -0.15) is 5.10 Å². The molecule has 1 aromatic heterocycles. The monoisotopic (exact) mass is 333 g/mol. The summed E-state index contributed by atoms with van der Waals surface area (Å²) < 4.78 is 1.59. The molecule has 1 heterocycles. The number of carbonyl (C=O) groups excluding carboxylic acids is 1. The molecule has 1 aliphatic carbocycles. The standard InChI is InChI=1S/C17H20ClN3O2/c1-20(12-17(23)9-4-5-10-17)16(22)14-8-11-21(19-14)15-7-3-2-6-13(15)18/h2-3,6-8,11,23H,4-5,9-10,12H2,1H3. The van der Waals surface area contributed by atoms with Crippen LogP contribution in [0.15, 0.2) is 36.5 Å². The van der Waals surface area contributed by atoms with Crippen molar-refractivity contribution in [2.45, 2.75) is 31.3 Å². The number of aromatic nitrogens is 2. The number of hydrogen-bond donors (Lipinski definition) is 1. The molecule has 1 aromatic carbocycles. The maximum absolute atomic E-state index is 12.5. The van der Waals surface area contributed by atoms with E-state index < -0.39 is 5.60 Å². The molecule has 2 aromatic rings. The molecule has 3 rings (SSSR count). The van der Waals surface area contributed by atoms with Gasteiger partial charge in [-0.1, -0.05) is 36.6 Å². The van der Waals surface area contributed by atoms with E-state index in [1.165, 1.54) is 0 Å². The number of carbonyl (C=O) groups is 1. The number of likely N-dealkylation sites (N-methyl/N-ethyl adjacent to an activating group) is 1. The molecule has 0 saturated heterocycles. The fourth-order valence-electron chi connectivity index (χ4n) is 3.11. The fraction of sp³-hybridized carbons (Fsp3) is 0.412. The minimum absolute atomic E-state index is 0.198. The van der Waals surface area contributed by atoms with E-state index in [-0.39, 0.29) is 5.91 Å². The van der Waals surface area contributed by atoms with Crippen LogP contribution in [0.25, 0.3) is 5.69 Å². The van der Waals surface area contributed by atoms with E-state index >= 15 is 0 Å². The van der Waals surface area contributed by atoms with Gasteiger partial charge >= 0.3 is 0 Å². The molecule has 0 aliphatic heterocycles. The molecule has 1 N–H and O–H groups in total. The smallest absolute Gasteiger partial charge is 0.274 e. The van der Waals surface area contributed by atoms with Crippen molar-refractivity contribution < 1.29 is 9.90 Å². The Bertz CT molecular complexity index is 707. The summed E-state index contributed by atoms with van der Waals surface area (Å²) >= 11 is 6.15. The number of para-hydroxylation sites is 1. The Labute approximate surface area is 140 Å². The van der Waals surface area contributed by atoms with Gasteiger partial charge in [0.05, 0.1) is 16.3 Å².